The lowest BCUT2D eigenvalue weighted by Crippen LogP contribution is -2.46. The molecule has 2 N–H and O–H groups in total. The van der Waals surface area contributed by atoms with Gasteiger partial charge in [-0.3, -0.25) is 4.90 Å². The average molecular weight is 272 g/mol. The number of hydrogen-bond acceptors (Lipinski definition) is 3. The summed E-state index contributed by atoms with van der Waals surface area (Å²) < 4.78 is 5.70. The molecule has 3 heteroatoms. The first-order chi connectivity index (χ1) is 9.72. The van der Waals surface area contributed by atoms with Gasteiger partial charge in [-0.15, -0.1) is 0 Å². The molecular formula is C17H24N2O. The predicted octanol–water partition coefficient (Wildman–Crippen LogP) is 3.55. The van der Waals surface area contributed by atoms with Gasteiger partial charge in [-0.05, 0) is 38.3 Å². The van der Waals surface area contributed by atoms with Crippen LogP contribution in [0.15, 0.2) is 34.9 Å². The molecule has 2 aromatic rings. The summed E-state index contributed by atoms with van der Waals surface area (Å²) in [6, 6.07) is 9.07. The van der Waals surface area contributed by atoms with Crippen LogP contribution in [0.5, 0.6) is 0 Å². The number of nitrogens with zero attached hydrogens (tertiary/aromatic N) is 1. The zero-order valence-corrected chi connectivity index (χ0v) is 12.4. The van der Waals surface area contributed by atoms with Crippen LogP contribution in [0.4, 0.5) is 0 Å². The van der Waals surface area contributed by atoms with E-state index in [2.05, 4.69) is 30.9 Å². The molecular weight excluding hydrogens is 248 g/mol. The summed E-state index contributed by atoms with van der Waals surface area (Å²) in [7, 11) is 0. The highest BCUT2D eigenvalue weighted by molar-refractivity contribution is 5.81. The molecule has 0 spiro atoms. The Labute approximate surface area is 120 Å². The first-order valence-electron chi connectivity index (χ1n) is 7.64. The Balaban J connectivity index is 1.97. The maximum atomic E-state index is 6.11. The molecule has 3 unspecified atom stereocenters. The van der Waals surface area contributed by atoms with Gasteiger partial charge in [0.2, 0.25) is 0 Å². The normalized spacial score (nSPS) is 25.9. The van der Waals surface area contributed by atoms with Crippen molar-refractivity contribution in [1.82, 2.24) is 4.90 Å². The quantitative estimate of drug-likeness (QED) is 0.929. The Morgan fingerprint density at radius 1 is 1.35 bits per heavy atom. The van der Waals surface area contributed by atoms with Gasteiger partial charge in [-0.1, -0.05) is 25.1 Å². The molecule has 20 heavy (non-hydrogen) atoms. The maximum Gasteiger partial charge on any atom is 0.134 e. The molecule has 2 heterocycles. The number of nitrogens with two attached hydrogens (primary N) is 1. The number of likely N-dealkylation sites (tertiary alicyclic amines) is 1. The molecule has 1 aliphatic heterocycles. The molecule has 3 rings (SSSR count). The van der Waals surface area contributed by atoms with Gasteiger partial charge in [0.25, 0.3) is 0 Å². The van der Waals surface area contributed by atoms with Crippen molar-refractivity contribution in [1.29, 1.82) is 0 Å². The number of para-hydroxylation sites is 1. The third-order valence-corrected chi connectivity index (χ3v) is 4.92. The molecule has 0 amide bonds. The first-order valence-corrected chi connectivity index (χ1v) is 7.64. The van der Waals surface area contributed by atoms with Crippen LogP contribution >= 0.6 is 0 Å². The van der Waals surface area contributed by atoms with Crippen LogP contribution < -0.4 is 5.73 Å². The van der Waals surface area contributed by atoms with E-state index in [4.69, 9.17) is 10.2 Å². The molecule has 1 aromatic carbocycles. The summed E-state index contributed by atoms with van der Waals surface area (Å²) in [4.78, 5) is 2.56. The number of hydrogen-bond donors (Lipinski definition) is 1. The van der Waals surface area contributed by atoms with Crippen LogP contribution in [0, 0.1) is 5.92 Å². The zero-order valence-electron chi connectivity index (χ0n) is 12.4. The van der Waals surface area contributed by atoms with E-state index in [1.54, 1.807) is 0 Å². The van der Waals surface area contributed by atoms with Crippen molar-refractivity contribution in [2.45, 2.75) is 38.8 Å². The fourth-order valence-electron chi connectivity index (χ4n) is 3.50. The predicted molar refractivity (Wildman–Crippen MR) is 82.6 cm³/mol. The second-order valence-corrected chi connectivity index (χ2v) is 6.04. The van der Waals surface area contributed by atoms with Gasteiger partial charge < -0.3 is 10.2 Å². The minimum atomic E-state index is 0.261. The topological polar surface area (TPSA) is 42.4 Å². The van der Waals surface area contributed by atoms with E-state index in [1.807, 2.05) is 18.4 Å². The lowest BCUT2D eigenvalue weighted by atomic mass is 9.89. The summed E-state index contributed by atoms with van der Waals surface area (Å²) in [5, 5.41) is 1.20. The fraction of sp³-hybridized carbons (Fsp3) is 0.529. The molecule has 0 bridgehead atoms. The van der Waals surface area contributed by atoms with E-state index in [-0.39, 0.29) is 6.04 Å². The Morgan fingerprint density at radius 2 is 2.15 bits per heavy atom. The van der Waals surface area contributed by atoms with Crippen LogP contribution in [-0.2, 0) is 0 Å². The standard InChI is InChI=1S/C17H24N2O/c1-12-6-5-9-19(13(12)2)16(10-18)15-11-20-17-8-4-3-7-14(15)17/h3-4,7-8,11-13,16H,5-6,9-10,18H2,1-2H3. The summed E-state index contributed by atoms with van der Waals surface area (Å²) >= 11 is 0. The Kier molecular flexibility index (Phi) is 3.81. The Morgan fingerprint density at radius 3 is 2.95 bits per heavy atom. The molecule has 108 valence electrons. The van der Waals surface area contributed by atoms with Crippen molar-refractivity contribution >= 4 is 11.0 Å². The molecule has 3 atom stereocenters. The summed E-state index contributed by atoms with van der Waals surface area (Å²) in [5.74, 6) is 0.732. The van der Waals surface area contributed by atoms with Crippen molar-refractivity contribution in [2.75, 3.05) is 13.1 Å². The van der Waals surface area contributed by atoms with Gasteiger partial charge in [0.15, 0.2) is 0 Å². The molecule has 0 radical (unpaired) electrons. The van der Waals surface area contributed by atoms with E-state index < -0.39 is 0 Å². The third-order valence-electron chi connectivity index (χ3n) is 4.92. The van der Waals surface area contributed by atoms with E-state index in [9.17, 15) is 0 Å². The van der Waals surface area contributed by atoms with E-state index in [0.29, 0.717) is 12.6 Å². The molecule has 1 fully saturated rings. The second-order valence-electron chi connectivity index (χ2n) is 6.04. The van der Waals surface area contributed by atoms with E-state index in [1.165, 1.54) is 23.8 Å². The monoisotopic (exact) mass is 272 g/mol. The maximum absolute atomic E-state index is 6.11. The number of fused-ring (bicyclic) bond motifs is 1. The number of furan rings is 1. The van der Waals surface area contributed by atoms with Gasteiger partial charge >= 0.3 is 0 Å². The van der Waals surface area contributed by atoms with E-state index in [0.717, 1.165) is 18.0 Å². The number of rotatable bonds is 3. The van der Waals surface area contributed by atoms with Crippen molar-refractivity contribution in [2.24, 2.45) is 11.7 Å². The summed E-state index contributed by atoms with van der Waals surface area (Å²) in [6.07, 6.45) is 4.48. The third kappa shape index (κ3) is 2.25. The highest BCUT2D eigenvalue weighted by atomic mass is 16.3. The van der Waals surface area contributed by atoms with Gasteiger partial charge in [0.05, 0.1) is 12.3 Å². The van der Waals surface area contributed by atoms with Crippen LogP contribution in [0.1, 0.15) is 38.3 Å². The summed E-state index contributed by atoms with van der Waals surface area (Å²) in [5.41, 5.74) is 8.31. The lowest BCUT2D eigenvalue weighted by molar-refractivity contribution is 0.0712. The average Bonchev–Trinajstić information content (AvgIpc) is 2.88. The SMILES string of the molecule is CC1CCCN(C(CN)c2coc3ccccc23)C1C. The van der Waals surface area contributed by atoms with Crippen LogP contribution in [0.25, 0.3) is 11.0 Å². The molecule has 1 aromatic heterocycles. The summed E-state index contributed by atoms with van der Waals surface area (Å²) in [6.45, 7) is 6.44. The Bertz CT molecular complexity index is 577. The van der Waals surface area contributed by atoms with E-state index >= 15 is 0 Å². The molecule has 3 nitrogen and oxygen atoms in total. The zero-order chi connectivity index (χ0) is 14.1. The molecule has 0 aliphatic carbocycles. The smallest absolute Gasteiger partial charge is 0.134 e. The van der Waals surface area contributed by atoms with Crippen LogP contribution in [-0.4, -0.2) is 24.0 Å². The minimum Gasteiger partial charge on any atom is -0.464 e. The molecule has 0 saturated carbocycles. The van der Waals surface area contributed by atoms with Crippen LogP contribution in [0.3, 0.4) is 0 Å². The lowest BCUT2D eigenvalue weighted by Gasteiger charge is -2.42. The van der Waals surface area contributed by atoms with Crippen molar-refractivity contribution in [3.8, 4) is 0 Å². The van der Waals surface area contributed by atoms with Crippen molar-refractivity contribution in [3.05, 3.63) is 36.1 Å². The van der Waals surface area contributed by atoms with Gasteiger partial charge in [0, 0.05) is 23.5 Å². The number of piperidine rings is 1. The highest BCUT2D eigenvalue weighted by Gasteiger charge is 2.31. The fourth-order valence-corrected chi connectivity index (χ4v) is 3.50. The van der Waals surface area contributed by atoms with Crippen molar-refractivity contribution in [3.63, 3.8) is 0 Å². The van der Waals surface area contributed by atoms with Crippen LogP contribution in [0.2, 0.25) is 0 Å². The number of benzene rings is 1. The second kappa shape index (κ2) is 5.58. The molecule has 1 saturated heterocycles. The minimum absolute atomic E-state index is 0.261. The van der Waals surface area contributed by atoms with Gasteiger partial charge in [-0.25, -0.2) is 0 Å². The first kappa shape index (κ1) is 13.7. The van der Waals surface area contributed by atoms with Gasteiger partial charge in [-0.2, -0.15) is 0 Å². The Hall–Kier alpha value is -1.32. The molecule has 1 aliphatic rings. The highest BCUT2D eigenvalue weighted by Crippen LogP contribution is 2.34. The largest absolute Gasteiger partial charge is 0.464 e. The van der Waals surface area contributed by atoms with Crippen molar-refractivity contribution < 1.29 is 4.42 Å². The van der Waals surface area contributed by atoms with Gasteiger partial charge in [0.1, 0.15) is 5.58 Å².